The van der Waals surface area contributed by atoms with Crippen LogP contribution in [0.4, 0.5) is 0 Å². The number of hydrogen-bond acceptors (Lipinski definition) is 4. The predicted octanol–water partition coefficient (Wildman–Crippen LogP) is 3.99. The minimum atomic E-state index is -0.157. The van der Waals surface area contributed by atoms with Gasteiger partial charge in [0.2, 0.25) is 0 Å². The first kappa shape index (κ1) is 22.1. The summed E-state index contributed by atoms with van der Waals surface area (Å²) in [5.74, 6) is 0.554. The van der Waals surface area contributed by atoms with Gasteiger partial charge in [-0.25, -0.2) is 0 Å². The number of benzene rings is 2. The molecular formula is C26H31N3O3. The molecule has 1 atom stereocenters. The number of nitrogens with zero attached hydrogens (tertiary/aromatic N) is 2. The van der Waals surface area contributed by atoms with Crippen molar-refractivity contribution < 1.29 is 9.53 Å². The number of aromatic nitrogens is 1. The van der Waals surface area contributed by atoms with Crippen molar-refractivity contribution in [2.45, 2.75) is 38.6 Å². The number of nitrogens with one attached hydrogen (secondary N) is 1. The normalized spacial score (nSPS) is 16.8. The van der Waals surface area contributed by atoms with Gasteiger partial charge in [0.1, 0.15) is 5.75 Å². The second-order valence-corrected chi connectivity index (χ2v) is 8.45. The molecule has 0 unspecified atom stereocenters. The maximum absolute atomic E-state index is 13.1. The lowest BCUT2D eigenvalue weighted by Gasteiger charge is -2.33. The van der Waals surface area contributed by atoms with E-state index in [1.807, 2.05) is 30.3 Å². The van der Waals surface area contributed by atoms with Gasteiger partial charge in [0.05, 0.1) is 12.7 Å². The van der Waals surface area contributed by atoms with E-state index < -0.39 is 0 Å². The monoisotopic (exact) mass is 433 g/mol. The van der Waals surface area contributed by atoms with E-state index in [2.05, 4.69) is 17.1 Å². The van der Waals surface area contributed by atoms with Crippen molar-refractivity contribution in [1.82, 2.24) is 14.8 Å². The molecule has 1 aromatic heterocycles. The molecule has 4 rings (SSSR count). The van der Waals surface area contributed by atoms with E-state index >= 15 is 0 Å². The van der Waals surface area contributed by atoms with Crippen molar-refractivity contribution in [3.63, 3.8) is 0 Å². The molecule has 0 spiro atoms. The molecule has 1 aliphatic rings. The fraction of sp³-hybridized carbons (Fsp3) is 0.385. The molecule has 2 aromatic carbocycles. The maximum Gasteiger partial charge on any atom is 0.262 e. The van der Waals surface area contributed by atoms with E-state index in [1.54, 1.807) is 31.5 Å². The molecule has 1 N–H and O–H groups in total. The van der Waals surface area contributed by atoms with Crippen molar-refractivity contribution in [3.8, 4) is 11.4 Å². The molecule has 3 aromatic rings. The van der Waals surface area contributed by atoms with Crippen LogP contribution in [0.1, 0.15) is 43.0 Å². The Morgan fingerprint density at radius 1 is 1.09 bits per heavy atom. The number of likely N-dealkylation sites (tertiary alicyclic amines) is 1. The van der Waals surface area contributed by atoms with Crippen LogP contribution in [0.3, 0.4) is 0 Å². The quantitative estimate of drug-likeness (QED) is 0.572. The number of carbonyl (C=O) groups is 1. The lowest BCUT2D eigenvalue weighted by atomic mass is 10.0. The minimum absolute atomic E-state index is 0.151. The lowest BCUT2D eigenvalue weighted by molar-refractivity contribution is 0.0950. The topological polar surface area (TPSA) is 63.6 Å². The summed E-state index contributed by atoms with van der Waals surface area (Å²) in [5, 5.41) is 4.26. The molecule has 1 saturated heterocycles. The van der Waals surface area contributed by atoms with Gasteiger partial charge in [-0.1, -0.05) is 24.6 Å². The van der Waals surface area contributed by atoms with Gasteiger partial charge in [-0.15, -0.1) is 0 Å². The first-order chi connectivity index (χ1) is 15.6. The number of piperidine rings is 1. The van der Waals surface area contributed by atoms with E-state index in [4.69, 9.17) is 4.74 Å². The van der Waals surface area contributed by atoms with E-state index in [0.29, 0.717) is 40.4 Å². The van der Waals surface area contributed by atoms with Gasteiger partial charge in [-0.05, 0) is 63.1 Å². The van der Waals surface area contributed by atoms with Crippen molar-refractivity contribution in [3.05, 3.63) is 70.6 Å². The van der Waals surface area contributed by atoms with Gasteiger partial charge in [0, 0.05) is 41.8 Å². The number of carbonyl (C=O) groups excluding carboxylic acids is 1. The van der Waals surface area contributed by atoms with Crippen LogP contribution in [0.5, 0.6) is 5.75 Å². The van der Waals surface area contributed by atoms with E-state index in [0.717, 1.165) is 19.5 Å². The highest BCUT2D eigenvalue weighted by Gasteiger charge is 2.18. The second-order valence-electron chi connectivity index (χ2n) is 8.45. The third-order valence-corrected chi connectivity index (χ3v) is 6.37. The third-order valence-electron chi connectivity index (χ3n) is 6.37. The molecule has 6 heteroatoms. The van der Waals surface area contributed by atoms with Gasteiger partial charge in [0.15, 0.2) is 0 Å². The van der Waals surface area contributed by atoms with Crippen molar-refractivity contribution in [1.29, 1.82) is 0 Å². The van der Waals surface area contributed by atoms with Gasteiger partial charge < -0.3 is 15.0 Å². The Morgan fingerprint density at radius 3 is 2.56 bits per heavy atom. The van der Waals surface area contributed by atoms with Crippen LogP contribution in [0.15, 0.2) is 59.5 Å². The first-order valence-electron chi connectivity index (χ1n) is 11.4. The first-order valence-corrected chi connectivity index (χ1v) is 11.4. The lowest BCUT2D eigenvalue weighted by Crippen LogP contribution is -2.39. The van der Waals surface area contributed by atoms with Crippen LogP contribution >= 0.6 is 0 Å². The zero-order valence-corrected chi connectivity index (χ0v) is 18.8. The molecule has 0 radical (unpaired) electrons. The van der Waals surface area contributed by atoms with Gasteiger partial charge in [-0.2, -0.15) is 0 Å². The fourth-order valence-electron chi connectivity index (χ4n) is 4.48. The summed E-state index contributed by atoms with van der Waals surface area (Å²) < 4.78 is 6.75. The summed E-state index contributed by atoms with van der Waals surface area (Å²) in [6, 6.07) is 15.1. The highest BCUT2D eigenvalue weighted by atomic mass is 16.5. The number of fused-ring (bicyclic) bond motifs is 1. The molecule has 1 amide bonds. The van der Waals surface area contributed by atoms with Gasteiger partial charge in [0.25, 0.3) is 11.5 Å². The number of amides is 1. The molecule has 1 aliphatic heterocycles. The van der Waals surface area contributed by atoms with Crippen molar-refractivity contribution in [2.75, 3.05) is 26.7 Å². The molecule has 1 fully saturated rings. The van der Waals surface area contributed by atoms with Gasteiger partial charge in [-0.3, -0.25) is 14.2 Å². The van der Waals surface area contributed by atoms with Crippen LogP contribution in [0.2, 0.25) is 0 Å². The van der Waals surface area contributed by atoms with Gasteiger partial charge >= 0.3 is 0 Å². The number of rotatable bonds is 7. The Kier molecular flexibility index (Phi) is 6.90. The van der Waals surface area contributed by atoms with Crippen molar-refractivity contribution in [2.24, 2.45) is 0 Å². The third kappa shape index (κ3) is 4.70. The van der Waals surface area contributed by atoms with Crippen LogP contribution in [-0.2, 0) is 0 Å². The zero-order chi connectivity index (χ0) is 22.5. The zero-order valence-electron chi connectivity index (χ0n) is 18.8. The highest BCUT2D eigenvalue weighted by molar-refractivity contribution is 6.06. The second kappa shape index (κ2) is 10.0. The summed E-state index contributed by atoms with van der Waals surface area (Å²) in [4.78, 5) is 28.7. The molecule has 0 saturated carbocycles. The van der Waals surface area contributed by atoms with E-state index in [1.165, 1.54) is 23.8 Å². The van der Waals surface area contributed by atoms with Crippen LogP contribution in [-0.4, -0.2) is 48.2 Å². The molecule has 0 bridgehead atoms. The Bertz CT molecular complexity index is 1140. The summed E-state index contributed by atoms with van der Waals surface area (Å²) >= 11 is 0. The molecule has 0 aliphatic carbocycles. The summed E-state index contributed by atoms with van der Waals surface area (Å²) in [7, 11) is 1.60. The average molecular weight is 434 g/mol. The Labute approximate surface area is 188 Å². The van der Waals surface area contributed by atoms with Crippen LogP contribution in [0.25, 0.3) is 16.5 Å². The number of ether oxygens (including phenoxy) is 1. The van der Waals surface area contributed by atoms with Crippen molar-refractivity contribution >= 4 is 16.7 Å². The Hall–Kier alpha value is -3.12. The fourth-order valence-corrected chi connectivity index (χ4v) is 4.48. The van der Waals surface area contributed by atoms with E-state index in [-0.39, 0.29) is 11.5 Å². The molecule has 168 valence electrons. The largest absolute Gasteiger partial charge is 0.497 e. The SMILES string of the molecule is COc1ccc(-n2cc(C(=O)NCCCN3CCCC[C@H]3C)c3ccccc3c2=O)cc1. The molecule has 32 heavy (non-hydrogen) atoms. The number of hydrogen-bond donors (Lipinski definition) is 1. The predicted molar refractivity (Wildman–Crippen MR) is 128 cm³/mol. The standard InChI is InChI=1S/C26H31N3O3/c1-19-8-5-6-16-28(19)17-7-15-27-25(30)24-18-29(20-11-13-21(32-2)14-12-20)26(31)23-10-4-3-9-22(23)24/h3-4,9-14,18-19H,5-8,15-17H2,1-2H3,(H,27,30)/t19-/m1/s1. The molecule has 6 nitrogen and oxygen atoms in total. The maximum atomic E-state index is 13.1. The van der Waals surface area contributed by atoms with E-state index in [9.17, 15) is 9.59 Å². The van der Waals surface area contributed by atoms with Crippen LogP contribution < -0.4 is 15.6 Å². The number of pyridine rings is 1. The number of methoxy groups -OCH3 is 1. The minimum Gasteiger partial charge on any atom is -0.497 e. The Balaban J connectivity index is 1.55. The van der Waals surface area contributed by atoms with Crippen LogP contribution in [0, 0.1) is 0 Å². The molecular weight excluding hydrogens is 402 g/mol. The average Bonchev–Trinajstić information content (AvgIpc) is 2.83. The highest BCUT2D eigenvalue weighted by Crippen LogP contribution is 2.20. The summed E-state index contributed by atoms with van der Waals surface area (Å²) in [6.07, 6.45) is 6.38. The molecule has 2 heterocycles. The summed E-state index contributed by atoms with van der Waals surface area (Å²) in [5.41, 5.74) is 1.04. The smallest absolute Gasteiger partial charge is 0.262 e. The summed E-state index contributed by atoms with van der Waals surface area (Å²) in [6.45, 7) is 5.03. The Morgan fingerprint density at radius 2 is 1.84 bits per heavy atom.